The maximum Gasteiger partial charge on any atom is 0.303 e. The third-order valence-corrected chi connectivity index (χ3v) is 8.42. The van der Waals surface area contributed by atoms with Crippen molar-refractivity contribution in [2.45, 2.75) is 63.3 Å². The van der Waals surface area contributed by atoms with Gasteiger partial charge < -0.3 is 9.67 Å². The number of carboxylic acid groups (broad SMARTS) is 1. The predicted molar refractivity (Wildman–Crippen MR) is 160 cm³/mol. The fourth-order valence-corrected chi connectivity index (χ4v) is 6.31. The normalized spacial score (nSPS) is 14.6. The maximum atomic E-state index is 11.0. The highest BCUT2D eigenvalue weighted by Gasteiger charge is 2.44. The molecule has 1 aromatic heterocycles. The van der Waals surface area contributed by atoms with Crippen LogP contribution in [0.3, 0.4) is 0 Å². The van der Waals surface area contributed by atoms with Gasteiger partial charge in [-0.2, -0.15) is 4.58 Å². The molecule has 1 aliphatic heterocycles. The first-order valence-corrected chi connectivity index (χ1v) is 14.4. The van der Waals surface area contributed by atoms with Gasteiger partial charge in [0.15, 0.2) is 5.71 Å². The summed E-state index contributed by atoms with van der Waals surface area (Å²) in [5.74, 6) is -0.749. The molecule has 0 saturated heterocycles. The van der Waals surface area contributed by atoms with Crippen molar-refractivity contribution in [3.63, 3.8) is 0 Å². The Morgan fingerprint density at radius 3 is 2.58 bits per heavy atom. The molecule has 40 heavy (non-hydrogen) atoms. The molecule has 7 nitrogen and oxygen atoms in total. The number of carboxylic acids is 1. The largest absolute Gasteiger partial charge is 0.481 e. The monoisotopic (exact) mass is 559 g/mol. The summed E-state index contributed by atoms with van der Waals surface area (Å²) in [5, 5.41) is 23.9. The highest BCUT2D eigenvalue weighted by Crippen LogP contribution is 2.42. The Morgan fingerprint density at radius 2 is 1.80 bits per heavy atom. The molecule has 2 N–H and O–H groups in total. The van der Waals surface area contributed by atoms with E-state index in [-0.39, 0.29) is 11.8 Å². The number of rotatable bonds is 12. The molecule has 3 aromatic carbocycles. The number of unbranched alkanes of at least 4 members (excludes halogenated alkanes) is 2. The lowest BCUT2D eigenvalue weighted by Gasteiger charge is -2.16. The molecular weight excluding hydrogens is 524 g/mol. The van der Waals surface area contributed by atoms with Crippen LogP contribution in [0, 0.1) is 0 Å². The second kappa shape index (κ2) is 12.0. The number of aromatic nitrogens is 1. The summed E-state index contributed by atoms with van der Waals surface area (Å²) in [6.45, 7) is 8.32. The van der Waals surface area contributed by atoms with Crippen LogP contribution in [0.25, 0.3) is 27.9 Å². The van der Waals surface area contributed by atoms with E-state index < -0.39 is 5.97 Å². The second-order valence-electron chi connectivity index (χ2n) is 10.6. The minimum absolute atomic E-state index is 0.197. The lowest BCUT2D eigenvalue weighted by Crippen LogP contribution is -2.28. The summed E-state index contributed by atoms with van der Waals surface area (Å²) in [6.07, 6.45) is 7.02. The van der Waals surface area contributed by atoms with E-state index in [0.29, 0.717) is 6.42 Å². The molecule has 4 aromatic rings. The molecule has 0 fully saturated rings. The molecule has 0 atom stereocenters. The second-order valence-corrected chi connectivity index (χ2v) is 11.4. The molecule has 0 unspecified atom stereocenters. The van der Waals surface area contributed by atoms with Crippen LogP contribution in [0.4, 0.5) is 5.69 Å². The van der Waals surface area contributed by atoms with Gasteiger partial charge in [-0.15, -0.1) is 4.33 Å². The van der Waals surface area contributed by atoms with E-state index in [1.807, 2.05) is 6.07 Å². The van der Waals surface area contributed by atoms with Gasteiger partial charge in [0.1, 0.15) is 6.54 Å². The number of nitrogens with zero attached hydrogens (tertiary/aromatic N) is 2. The van der Waals surface area contributed by atoms with Crippen molar-refractivity contribution < 1.29 is 29.1 Å². The lowest BCUT2D eigenvalue weighted by molar-refractivity contribution is -0.438. The zero-order valence-electron chi connectivity index (χ0n) is 23.1. The smallest absolute Gasteiger partial charge is 0.303 e. The fraction of sp³-hybridized carbons (Fsp3) is 0.312. The lowest BCUT2D eigenvalue weighted by atomic mass is 9.81. The van der Waals surface area contributed by atoms with E-state index in [2.05, 4.69) is 106 Å². The van der Waals surface area contributed by atoms with Crippen LogP contribution in [0.15, 0.2) is 71.6 Å². The van der Waals surface area contributed by atoms with Gasteiger partial charge in [-0.25, -0.2) is 5.26 Å². The average Bonchev–Trinajstić information content (AvgIpc) is 3.37. The van der Waals surface area contributed by atoms with E-state index in [0.717, 1.165) is 59.7 Å². The van der Waals surface area contributed by atoms with Crippen LogP contribution in [0.1, 0.15) is 57.6 Å². The molecule has 8 heteroatoms. The SMILES string of the molecule is CCn1c2ccccc2c2cc(C=CC3=[N+](CCCCCC(=O)O)c4ccc(SOOO)cc4C3(C)C)ccc21. The van der Waals surface area contributed by atoms with E-state index in [9.17, 15) is 4.79 Å². The molecule has 0 aliphatic carbocycles. The van der Waals surface area contributed by atoms with E-state index in [4.69, 9.17) is 10.4 Å². The fourth-order valence-electron chi connectivity index (χ4n) is 5.92. The number of fused-ring (bicyclic) bond motifs is 4. The molecule has 0 amide bonds. The average molecular weight is 560 g/mol. The van der Waals surface area contributed by atoms with Gasteiger partial charge in [-0.1, -0.05) is 29.3 Å². The summed E-state index contributed by atoms with van der Waals surface area (Å²) in [7, 11) is 0. The molecule has 0 spiro atoms. The summed E-state index contributed by atoms with van der Waals surface area (Å²) in [4.78, 5) is 11.8. The Balaban J connectivity index is 1.51. The summed E-state index contributed by atoms with van der Waals surface area (Å²) >= 11 is 0.957. The molecule has 0 bridgehead atoms. The molecular formula is C32H35N2O5S+. The zero-order chi connectivity index (χ0) is 28.3. The third-order valence-electron chi connectivity index (χ3n) is 7.84. The Morgan fingerprint density at radius 1 is 1.00 bits per heavy atom. The molecule has 208 valence electrons. The topological polar surface area (TPSA) is 83.9 Å². The third kappa shape index (κ3) is 5.45. The molecule has 1 aliphatic rings. The number of hydrogen-bond donors (Lipinski definition) is 2. The molecule has 0 radical (unpaired) electrons. The number of allylic oxidation sites excluding steroid dienone is 1. The van der Waals surface area contributed by atoms with Gasteiger partial charge in [-0.05, 0) is 75.6 Å². The maximum absolute atomic E-state index is 11.0. The van der Waals surface area contributed by atoms with Crippen LogP contribution in [-0.4, -0.2) is 37.7 Å². The Kier molecular flexibility index (Phi) is 8.42. The van der Waals surface area contributed by atoms with E-state index >= 15 is 0 Å². The van der Waals surface area contributed by atoms with E-state index in [1.165, 1.54) is 27.5 Å². The van der Waals surface area contributed by atoms with Gasteiger partial charge in [0.25, 0.3) is 0 Å². The summed E-state index contributed by atoms with van der Waals surface area (Å²) in [5.41, 5.74) is 6.80. The Labute approximate surface area is 238 Å². The first kappa shape index (κ1) is 28.1. The zero-order valence-corrected chi connectivity index (χ0v) is 23.9. The summed E-state index contributed by atoms with van der Waals surface area (Å²) < 4.78 is 9.39. The Bertz CT molecular complexity index is 1620. The predicted octanol–water partition coefficient (Wildman–Crippen LogP) is 7.98. The Hall–Kier alpha value is -3.43. The van der Waals surface area contributed by atoms with Crippen molar-refractivity contribution in [2.75, 3.05) is 6.54 Å². The van der Waals surface area contributed by atoms with Crippen molar-refractivity contribution in [1.29, 1.82) is 0 Å². The van der Waals surface area contributed by atoms with Crippen LogP contribution in [0.5, 0.6) is 0 Å². The van der Waals surface area contributed by atoms with Crippen LogP contribution < -0.4 is 0 Å². The minimum atomic E-state index is -0.749. The highest BCUT2D eigenvalue weighted by molar-refractivity contribution is 7.94. The summed E-state index contributed by atoms with van der Waals surface area (Å²) in [6, 6.07) is 21.3. The van der Waals surface area contributed by atoms with Gasteiger partial charge in [0.2, 0.25) is 5.69 Å². The minimum Gasteiger partial charge on any atom is -0.481 e. The van der Waals surface area contributed by atoms with Crippen molar-refractivity contribution in [3.05, 3.63) is 77.9 Å². The van der Waals surface area contributed by atoms with E-state index in [1.54, 1.807) is 0 Å². The van der Waals surface area contributed by atoms with Crippen LogP contribution in [-0.2, 0) is 26.1 Å². The van der Waals surface area contributed by atoms with Gasteiger partial charge in [-0.3, -0.25) is 4.79 Å². The van der Waals surface area contributed by atoms with Gasteiger partial charge >= 0.3 is 5.97 Å². The van der Waals surface area contributed by atoms with Crippen molar-refractivity contribution in [2.24, 2.45) is 0 Å². The van der Waals surface area contributed by atoms with Crippen molar-refractivity contribution in [1.82, 2.24) is 4.57 Å². The number of carbonyl (C=O) groups is 1. The van der Waals surface area contributed by atoms with Gasteiger partial charge in [0, 0.05) is 63.8 Å². The standard InChI is InChI=1S/C32H34N2O5S/c1-4-33-27-11-8-7-10-24(27)25-20-22(13-16-28(25)33)14-18-30-32(2,3)26-21-23(40-39-38-37)15-17-29(26)34(30)19-9-5-6-12-31(35)36/h7-8,10-11,13-18,20-21H,4-6,9,12,19H2,1-3H3,(H-,35,36,37)/p+1. The number of aryl methyl sites for hydroxylation is 1. The highest BCUT2D eigenvalue weighted by atomic mass is 32.2. The molecule has 2 heterocycles. The number of hydrogen-bond acceptors (Lipinski definition) is 5. The number of aliphatic carboxylic acids is 1. The van der Waals surface area contributed by atoms with Crippen LogP contribution in [0.2, 0.25) is 0 Å². The quantitative estimate of drug-likeness (QED) is 0.0602. The first-order valence-electron chi connectivity index (χ1n) is 13.7. The van der Waals surface area contributed by atoms with Crippen molar-refractivity contribution in [3.8, 4) is 0 Å². The van der Waals surface area contributed by atoms with Crippen LogP contribution >= 0.6 is 12.0 Å². The molecule has 5 rings (SSSR count). The number of benzene rings is 3. The molecule has 0 saturated carbocycles. The number of para-hydroxylation sites is 1. The first-order chi connectivity index (χ1) is 19.3. The van der Waals surface area contributed by atoms with Crippen molar-refractivity contribution >= 4 is 57.3 Å². The van der Waals surface area contributed by atoms with Gasteiger partial charge in [0.05, 0.1) is 17.5 Å².